The molecule has 4 nitrogen and oxygen atoms in total. The molecule has 0 aromatic carbocycles. The Kier molecular flexibility index (Phi) is 6.85. The van der Waals surface area contributed by atoms with Crippen LogP contribution in [0.15, 0.2) is 0 Å². The maximum absolute atomic E-state index is 12.0. The van der Waals surface area contributed by atoms with Crippen molar-refractivity contribution in [2.45, 2.75) is 65.9 Å². The second kappa shape index (κ2) is 7.92. The minimum Gasteiger partial charge on any atom is -0.481 e. The van der Waals surface area contributed by atoms with E-state index in [1.165, 1.54) is 0 Å². The maximum Gasteiger partial charge on any atom is 0.309 e. The third kappa shape index (κ3) is 5.10. The van der Waals surface area contributed by atoms with E-state index in [0.717, 1.165) is 12.8 Å². The Morgan fingerprint density at radius 2 is 1.81 bits per heavy atom. The molecule has 6 atom stereocenters. The van der Waals surface area contributed by atoms with Gasteiger partial charge in [-0.15, -0.1) is 0 Å². The third-order valence-corrected chi connectivity index (χ3v) is 5.16. The summed E-state index contributed by atoms with van der Waals surface area (Å²) in [7, 11) is 0. The molecule has 1 rings (SSSR count). The number of carboxylic acid groups (broad SMARTS) is 1. The molecule has 0 heterocycles. The Morgan fingerprint density at radius 3 is 2.29 bits per heavy atom. The molecular formula is C17H30O4. The molecule has 122 valence electrons. The molecule has 1 fully saturated rings. The molecule has 0 saturated heterocycles. The predicted molar refractivity (Wildman–Crippen MR) is 81.9 cm³/mol. The summed E-state index contributed by atoms with van der Waals surface area (Å²) in [6.07, 6.45) is 2.76. The summed E-state index contributed by atoms with van der Waals surface area (Å²) >= 11 is 0. The van der Waals surface area contributed by atoms with Gasteiger partial charge < -0.3 is 10.2 Å². The zero-order chi connectivity index (χ0) is 16.2. The number of hydrogen-bond acceptors (Lipinski definition) is 3. The summed E-state index contributed by atoms with van der Waals surface area (Å²) in [5, 5.41) is 19.1. The number of carbonyl (C=O) groups excluding carboxylic acids is 1. The van der Waals surface area contributed by atoms with Crippen LogP contribution in [-0.4, -0.2) is 28.1 Å². The zero-order valence-corrected chi connectivity index (χ0v) is 13.7. The molecule has 0 aromatic heterocycles. The fraction of sp³-hybridized carbons (Fsp3) is 0.882. The lowest BCUT2D eigenvalue weighted by molar-refractivity contribution is -0.146. The highest BCUT2D eigenvalue weighted by molar-refractivity contribution is 5.80. The van der Waals surface area contributed by atoms with Crippen molar-refractivity contribution in [3.05, 3.63) is 0 Å². The molecule has 2 N–H and O–H groups in total. The maximum atomic E-state index is 12.0. The number of aliphatic hydroxyl groups excluding tert-OH is 1. The van der Waals surface area contributed by atoms with Gasteiger partial charge in [-0.3, -0.25) is 9.59 Å². The molecule has 0 radical (unpaired) electrons. The molecule has 0 amide bonds. The summed E-state index contributed by atoms with van der Waals surface area (Å²) < 4.78 is 0. The second-order valence-electron chi connectivity index (χ2n) is 6.77. The number of ketones is 1. The van der Waals surface area contributed by atoms with Gasteiger partial charge in [0.2, 0.25) is 0 Å². The zero-order valence-electron chi connectivity index (χ0n) is 13.7. The monoisotopic (exact) mass is 298 g/mol. The molecule has 0 aliphatic heterocycles. The Labute approximate surface area is 127 Å². The number of aliphatic hydroxyl groups is 1. The topological polar surface area (TPSA) is 74.6 Å². The molecule has 0 spiro atoms. The molecule has 4 heteroatoms. The van der Waals surface area contributed by atoms with Gasteiger partial charge in [0.05, 0.1) is 12.0 Å². The number of hydrogen-bond donors (Lipinski definition) is 2. The summed E-state index contributed by atoms with van der Waals surface area (Å²) in [6, 6.07) is 0. The molecule has 1 aliphatic rings. The first kappa shape index (κ1) is 18.1. The number of carbonyl (C=O) groups is 2. The van der Waals surface area contributed by atoms with Crippen LogP contribution in [-0.2, 0) is 9.59 Å². The van der Waals surface area contributed by atoms with Crippen molar-refractivity contribution in [2.75, 3.05) is 0 Å². The van der Waals surface area contributed by atoms with E-state index in [9.17, 15) is 14.7 Å². The van der Waals surface area contributed by atoms with Gasteiger partial charge in [0, 0.05) is 12.3 Å². The number of carboxylic acids is 1. The van der Waals surface area contributed by atoms with Crippen molar-refractivity contribution >= 4 is 11.8 Å². The summed E-state index contributed by atoms with van der Waals surface area (Å²) in [5.74, 6) is 0.0751. The smallest absolute Gasteiger partial charge is 0.309 e. The first-order valence-electron chi connectivity index (χ1n) is 8.25. The van der Waals surface area contributed by atoms with Crippen molar-refractivity contribution in [3.63, 3.8) is 0 Å². The Morgan fingerprint density at radius 1 is 1.19 bits per heavy atom. The van der Waals surface area contributed by atoms with Crippen LogP contribution in [0.25, 0.3) is 0 Å². The quantitative estimate of drug-likeness (QED) is 0.650. The van der Waals surface area contributed by atoms with E-state index in [2.05, 4.69) is 6.92 Å². The summed E-state index contributed by atoms with van der Waals surface area (Å²) in [6.45, 7) is 7.90. The Bertz CT molecular complexity index is 366. The van der Waals surface area contributed by atoms with E-state index >= 15 is 0 Å². The van der Waals surface area contributed by atoms with Crippen LogP contribution < -0.4 is 0 Å². The normalized spacial score (nSPS) is 26.7. The molecule has 21 heavy (non-hydrogen) atoms. The largest absolute Gasteiger partial charge is 0.481 e. The van der Waals surface area contributed by atoms with Crippen molar-refractivity contribution in [2.24, 2.45) is 29.6 Å². The molecule has 0 aromatic rings. The SMILES string of the molecule is CCC(C)C(=O)CC(C)C1CC1C[C@@H](O)[C@@H](CC)C(=O)O. The minimum atomic E-state index is -0.915. The fourth-order valence-corrected chi connectivity index (χ4v) is 3.22. The number of aliphatic carboxylic acids is 1. The lowest BCUT2D eigenvalue weighted by atomic mass is 9.89. The van der Waals surface area contributed by atoms with Crippen LogP contribution in [0.2, 0.25) is 0 Å². The average molecular weight is 298 g/mol. The van der Waals surface area contributed by atoms with Crippen LogP contribution in [0.4, 0.5) is 0 Å². The van der Waals surface area contributed by atoms with Gasteiger partial charge in [-0.1, -0.05) is 27.7 Å². The fourth-order valence-electron chi connectivity index (χ4n) is 3.22. The number of rotatable bonds is 10. The second-order valence-corrected chi connectivity index (χ2v) is 6.77. The standard InChI is InChI=1S/C17H30O4/c1-5-10(3)15(18)7-11(4)14-8-12(14)9-16(19)13(6-2)17(20)21/h10-14,16,19H,5-9H2,1-4H3,(H,20,21)/t10?,11?,12?,13-,14?,16-/m1/s1. The third-order valence-electron chi connectivity index (χ3n) is 5.16. The van der Waals surface area contributed by atoms with Gasteiger partial charge in [0.15, 0.2) is 0 Å². The van der Waals surface area contributed by atoms with Gasteiger partial charge in [-0.05, 0) is 43.4 Å². The van der Waals surface area contributed by atoms with Crippen molar-refractivity contribution in [1.29, 1.82) is 0 Å². The van der Waals surface area contributed by atoms with Crippen molar-refractivity contribution in [3.8, 4) is 0 Å². The predicted octanol–water partition coefficient (Wildman–Crippen LogP) is 3.13. The Balaban J connectivity index is 2.39. The van der Waals surface area contributed by atoms with Gasteiger partial charge in [0.25, 0.3) is 0 Å². The van der Waals surface area contributed by atoms with Crippen LogP contribution in [0.3, 0.4) is 0 Å². The van der Waals surface area contributed by atoms with E-state index in [0.29, 0.717) is 42.8 Å². The highest BCUT2D eigenvalue weighted by atomic mass is 16.4. The molecule has 1 aliphatic carbocycles. The highest BCUT2D eigenvalue weighted by Crippen LogP contribution is 2.49. The molecular weight excluding hydrogens is 268 g/mol. The van der Waals surface area contributed by atoms with Crippen LogP contribution in [0.1, 0.15) is 59.8 Å². The van der Waals surface area contributed by atoms with Crippen molar-refractivity contribution < 1.29 is 19.8 Å². The summed E-state index contributed by atoms with van der Waals surface area (Å²) in [4.78, 5) is 23.0. The van der Waals surface area contributed by atoms with E-state index < -0.39 is 18.0 Å². The first-order valence-corrected chi connectivity index (χ1v) is 8.25. The van der Waals surface area contributed by atoms with E-state index in [-0.39, 0.29) is 5.92 Å². The summed E-state index contributed by atoms with van der Waals surface area (Å²) in [5.41, 5.74) is 0. The van der Waals surface area contributed by atoms with Crippen molar-refractivity contribution in [1.82, 2.24) is 0 Å². The molecule has 0 bridgehead atoms. The van der Waals surface area contributed by atoms with Crippen LogP contribution in [0.5, 0.6) is 0 Å². The van der Waals surface area contributed by atoms with Crippen LogP contribution in [0, 0.1) is 29.6 Å². The first-order chi connectivity index (χ1) is 9.81. The molecule has 1 saturated carbocycles. The van der Waals surface area contributed by atoms with E-state index in [1.807, 2.05) is 13.8 Å². The molecule has 4 unspecified atom stereocenters. The number of Topliss-reactive ketones (excluding diaryl/α,β-unsaturated/α-hetero) is 1. The highest BCUT2D eigenvalue weighted by Gasteiger charge is 2.43. The van der Waals surface area contributed by atoms with Gasteiger partial charge in [-0.2, -0.15) is 0 Å². The van der Waals surface area contributed by atoms with E-state index in [1.54, 1.807) is 6.92 Å². The van der Waals surface area contributed by atoms with Gasteiger partial charge in [-0.25, -0.2) is 0 Å². The van der Waals surface area contributed by atoms with Gasteiger partial charge >= 0.3 is 5.97 Å². The minimum absolute atomic E-state index is 0.131. The van der Waals surface area contributed by atoms with Gasteiger partial charge in [0.1, 0.15) is 5.78 Å². The lowest BCUT2D eigenvalue weighted by Crippen LogP contribution is -2.28. The average Bonchev–Trinajstić information content (AvgIpc) is 3.17. The van der Waals surface area contributed by atoms with E-state index in [4.69, 9.17) is 5.11 Å². The van der Waals surface area contributed by atoms with Crippen LogP contribution >= 0.6 is 0 Å². The lowest BCUT2D eigenvalue weighted by Gasteiger charge is -2.18. The Hall–Kier alpha value is -0.900.